The van der Waals surface area contributed by atoms with Crippen LogP contribution in [0.4, 0.5) is 22.4 Å². The van der Waals surface area contributed by atoms with Gasteiger partial charge in [0.25, 0.3) is 5.91 Å². The molecule has 1 aromatic carbocycles. The number of aryl methyl sites for hydroxylation is 1. The number of hydrogen-bond acceptors (Lipinski definition) is 10. The van der Waals surface area contributed by atoms with Gasteiger partial charge in [0.1, 0.15) is 46.4 Å². The molecule has 7 atom stereocenters. The first kappa shape index (κ1) is 46.1. The zero-order chi connectivity index (χ0) is 45.9. The number of rotatable bonds is 10. The third kappa shape index (κ3) is 8.47. The summed E-state index contributed by atoms with van der Waals surface area (Å²) in [4.78, 5) is 63.0. The fourth-order valence-electron chi connectivity index (χ4n) is 9.37. The Balaban J connectivity index is 1.32. The van der Waals surface area contributed by atoms with E-state index in [0.717, 1.165) is 22.3 Å². The summed E-state index contributed by atoms with van der Waals surface area (Å²) in [5.41, 5.74) is -4.11. The smallest absolute Gasteiger partial charge is 0.411 e. The van der Waals surface area contributed by atoms with Crippen molar-refractivity contribution >= 4 is 44.6 Å². The van der Waals surface area contributed by atoms with Crippen LogP contribution in [0.25, 0.3) is 10.8 Å². The van der Waals surface area contributed by atoms with E-state index in [4.69, 9.17) is 14.2 Å². The lowest BCUT2D eigenvalue weighted by atomic mass is 9.82. The van der Waals surface area contributed by atoms with Crippen molar-refractivity contribution in [2.75, 3.05) is 26.9 Å². The Bertz CT molecular complexity index is 2290. The molecule has 346 valence electrons. The van der Waals surface area contributed by atoms with Crippen molar-refractivity contribution < 1.29 is 64.5 Å². The lowest BCUT2D eigenvalue weighted by molar-refractivity contribution is -0.222. The number of pyridine rings is 1. The third-order valence-corrected chi connectivity index (χ3v) is 15.8. The molecule has 15 nitrogen and oxygen atoms in total. The number of nitrogens with zero attached hydrogens (tertiary/aromatic N) is 3. The Morgan fingerprint density at radius 2 is 1.89 bits per heavy atom. The molecule has 1 aromatic heterocycles. The van der Waals surface area contributed by atoms with Crippen molar-refractivity contribution in [1.29, 1.82) is 0 Å². The number of carbonyl (C=O) groups is 4. The predicted molar refractivity (Wildman–Crippen MR) is 220 cm³/mol. The molecule has 63 heavy (non-hydrogen) atoms. The monoisotopic (exact) mass is 909 g/mol. The van der Waals surface area contributed by atoms with Gasteiger partial charge in [0.15, 0.2) is 0 Å². The topological polar surface area (TPSA) is 194 Å². The van der Waals surface area contributed by atoms with Gasteiger partial charge in [-0.3, -0.25) is 24.0 Å². The zero-order valence-electron chi connectivity index (χ0n) is 35.9. The van der Waals surface area contributed by atoms with Crippen LogP contribution in [-0.2, 0) is 30.8 Å². The van der Waals surface area contributed by atoms with Gasteiger partial charge >= 0.3 is 12.3 Å². The number of carboxylic acid groups (broad SMARTS) is 1. The van der Waals surface area contributed by atoms with E-state index in [0.29, 0.717) is 56.7 Å². The van der Waals surface area contributed by atoms with Gasteiger partial charge in [0.2, 0.25) is 33.6 Å². The molecule has 3 fully saturated rings. The van der Waals surface area contributed by atoms with Crippen LogP contribution in [0.1, 0.15) is 91.0 Å². The summed E-state index contributed by atoms with van der Waals surface area (Å²) in [6.07, 6.45) is -2.54. The molecule has 4 amide bonds. The Hall–Kier alpha value is -4.88. The standard InChI is InChI=1S/C43H55F4N5O10S/c1-6-25-18-24(2)10-7-8-11-26-21-42(26,38(55)50-63(58,59)41(23-44)15-16-41)49-34(53)32-20-28(22-51(32)37(54)33(25)52(39(56)57)40(3,4)43(45,46)47)62-36-30-14-13-27(60-5)19-31(30)29-12-9-17-61-35(29)48-36/h8,11,13-14,19,24-26,28,32-33H,6-7,9-10,12,15-18,20-23H2,1-5H3,(H,49,53)(H,50,55)(H,56,57)/b11-8-/t24-,25+,26+,28+,32-,33-,42+/m0/s1. The molecule has 5 aliphatic rings. The minimum Gasteiger partial charge on any atom is -0.497 e. The maximum atomic E-state index is 15.3. The number of carbonyl (C=O) groups excluding carboxylic acids is 3. The fourth-order valence-corrected chi connectivity index (χ4v) is 10.8. The quantitative estimate of drug-likeness (QED) is 0.192. The highest BCUT2D eigenvalue weighted by Crippen LogP contribution is 2.49. The van der Waals surface area contributed by atoms with E-state index in [2.05, 4.69) is 10.3 Å². The molecule has 0 unspecified atom stereocenters. The molecule has 20 heteroatoms. The second-order valence-corrected chi connectivity index (χ2v) is 20.3. The van der Waals surface area contributed by atoms with Gasteiger partial charge < -0.3 is 29.5 Å². The molecular formula is C43H55F4N5O10S. The van der Waals surface area contributed by atoms with Crippen molar-refractivity contribution in [3.05, 3.63) is 35.9 Å². The molecule has 0 radical (unpaired) electrons. The minimum absolute atomic E-state index is 0.0000190. The summed E-state index contributed by atoms with van der Waals surface area (Å²) < 4.78 is 103. The van der Waals surface area contributed by atoms with Gasteiger partial charge in [-0.1, -0.05) is 32.4 Å². The van der Waals surface area contributed by atoms with E-state index in [1.807, 2.05) is 11.6 Å². The Labute approximate surface area is 363 Å². The largest absolute Gasteiger partial charge is 0.497 e. The van der Waals surface area contributed by atoms with Crippen LogP contribution in [0.2, 0.25) is 0 Å². The van der Waals surface area contributed by atoms with Gasteiger partial charge in [-0.15, -0.1) is 0 Å². The molecule has 4 heterocycles. The van der Waals surface area contributed by atoms with E-state index in [1.165, 1.54) is 7.11 Å². The number of ether oxygens (including phenoxy) is 3. The summed E-state index contributed by atoms with van der Waals surface area (Å²) in [6.45, 7) is 3.64. The number of sulfonamides is 1. The molecule has 7 rings (SSSR count). The minimum atomic E-state index is -5.13. The first-order chi connectivity index (χ1) is 29.6. The molecular weight excluding hydrogens is 855 g/mol. The second-order valence-electron chi connectivity index (χ2n) is 18.2. The Kier molecular flexibility index (Phi) is 12.4. The highest BCUT2D eigenvalue weighted by atomic mass is 32.2. The number of amides is 4. The van der Waals surface area contributed by atoms with Crippen LogP contribution in [0, 0.1) is 17.8 Å². The van der Waals surface area contributed by atoms with Crippen LogP contribution in [0.15, 0.2) is 30.4 Å². The number of benzene rings is 1. The molecule has 1 saturated heterocycles. The molecule has 0 spiro atoms. The molecule has 2 saturated carbocycles. The van der Waals surface area contributed by atoms with Gasteiger partial charge in [0, 0.05) is 23.3 Å². The fraction of sp³-hybridized carbons (Fsp3) is 0.651. The first-order valence-corrected chi connectivity index (χ1v) is 22.9. The number of halogens is 4. The van der Waals surface area contributed by atoms with E-state index in [9.17, 15) is 45.5 Å². The predicted octanol–water partition coefficient (Wildman–Crippen LogP) is 5.83. The summed E-state index contributed by atoms with van der Waals surface area (Å²) in [5.74, 6) is -4.07. The number of methoxy groups -OCH3 is 1. The van der Waals surface area contributed by atoms with Crippen LogP contribution in [0.5, 0.6) is 17.5 Å². The van der Waals surface area contributed by atoms with E-state index >= 15 is 4.79 Å². The van der Waals surface area contributed by atoms with Crippen molar-refractivity contribution in [2.24, 2.45) is 17.8 Å². The molecule has 2 aromatic rings. The highest BCUT2D eigenvalue weighted by Gasteiger charge is 2.64. The second kappa shape index (κ2) is 16.9. The average Bonchev–Trinajstić information content (AvgIpc) is 4.14. The summed E-state index contributed by atoms with van der Waals surface area (Å²) in [5, 5.41) is 14.6. The first-order valence-electron chi connectivity index (χ1n) is 21.4. The molecule has 3 aliphatic heterocycles. The zero-order valence-corrected chi connectivity index (χ0v) is 36.7. The maximum Gasteiger partial charge on any atom is 0.411 e. The van der Waals surface area contributed by atoms with Gasteiger partial charge in [-0.05, 0) is 101 Å². The van der Waals surface area contributed by atoms with Crippen molar-refractivity contribution in [3.8, 4) is 17.5 Å². The lowest BCUT2D eigenvalue weighted by Gasteiger charge is -2.46. The van der Waals surface area contributed by atoms with Crippen molar-refractivity contribution in [2.45, 2.75) is 132 Å². The normalized spacial score (nSPS) is 29.1. The van der Waals surface area contributed by atoms with Crippen LogP contribution < -0.4 is 24.2 Å². The van der Waals surface area contributed by atoms with E-state index < -0.39 is 99.1 Å². The van der Waals surface area contributed by atoms with E-state index in [-0.39, 0.29) is 55.2 Å². The summed E-state index contributed by atoms with van der Waals surface area (Å²) in [6, 6.07) is 1.75. The van der Waals surface area contributed by atoms with Gasteiger partial charge in [0.05, 0.1) is 20.3 Å². The Morgan fingerprint density at radius 3 is 2.52 bits per heavy atom. The van der Waals surface area contributed by atoms with E-state index in [1.54, 1.807) is 37.3 Å². The number of allylic oxidation sites excluding steroid dienone is 1. The number of nitrogens with one attached hydrogen (secondary N) is 2. The van der Waals surface area contributed by atoms with Gasteiger partial charge in [-0.2, -0.15) is 18.2 Å². The molecule has 0 bridgehead atoms. The average molecular weight is 910 g/mol. The van der Waals surface area contributed by atoms with Crippen molar-refractivity contribution in [1.82, 2.24) is 24.8 Å². The van der Waals surface area contributed by atoms with Crippen molar-refractivity contribution in [3.63, 3.8) is 0 Å². The number of hydrogen-bond donors (Lipinski definition) is 3. The van der Waals surface area contributed by atoms with Crippen LogP contribution in [-0.4, -0.2) is 119 Å². The van der Waals surface area contributed by atoms with Crippen LogP contribution in [0.3, 0.4) is 0 Å². The highest BCUT2D eigenvalue weighted by molar-refractivity contribution is 7.91. The SMILES string of the molecule is CC[C@@H]1C[C@@H](C)CC/C=C\[C@@H]2C[C@@]2(C(=O)NS(=O)(=O)C2(CF)CC2)NC(=O)[C@@H]2C[C@@H](Oc3nc4c(c5cc(OC)ccc35)CCCO4)CN2C(=O)[C@H]1N(C(=O)O)C(C)(C)C(F)(F)F. The summed E-state index contributed by atoms with van der Waals surface area (Å²) >= 11 is 0. The van der Waals surface area contributed by atoms with Crippen LogP contribution >= 0.6 is 0 Å². The number of alkyl halides is 4. The lowest BCUT2D eigenvalue weighted by Crippen LogP contribution is -2.66. The molecule has 2 aliphatic carbocycles. The Morgan fingerprint density at radius 1 is 1.16 bits per heavy atom. The maximum absolute atomic E-state index is 15.3. The van der Waals surface area contributed by atoms with Gasteiger partial charge in [-0.25, -0.2) is 17.6 Å². The summed E-state index contributed by atoms with van der Waals surface area (Å²) in [7, 11) is -3.00. The number of fused-ring (bicyclic) bond motifs is 5. The number of aromatic nitrogens is 1. The molecule has 3 N–H and O–H groups in total. The third-order valence-electron chi connectivity index (χ3n) is 13.7.